The lowest BCUT2D eigenvalue weighted by molar-refractivity contribution is -0.348. The van der Waals surface area contributed by atoms with Crippen molar-refractivity contribution in [3.05, 3.63) is 87.6 Å². The maximum Gasteiger partial charge on any atom is 0.435 e. The van der Waals surface area contributed by atoms with Gasteiger partial charge in [-0.05, 0) is 52.3 Å². The van der Waals surface area contributed by atoms with Gasteiger partial charge in [-0.25, -0.2) is 8.78 Å². The number of hydrogen-bond donors (Lipinski definition) is 1. The maximum absolute atomic E-state index is 15.3. The molecule has 0 saturated carbocycles. The van der Waals surface area contributed by atoms with Crippen LogP contribution in [0, 0.1) is 5.82 Å². The number of halogens is 11. The van der Waals surface area contributed by atoms with Crippen LogP contribution in [-0.2, 0) is 5.67 Å². The Balaban J connectivity index is 2.05. The molecule has 0 aliphatic heterocycles. The summed E-state index contributed by atoms with van der Waals surface area (Å²) in [7, 11) is 1.18. The molecule has 0 saturated heterocycles. The number of carbonyl (C=O) groups excluding carboxylic acids is 2. The monoisotopic (exact) mass is 660 g/mol. The van der Waals surface area contributed by atoms with Gasteiger partial charge in [0, 0.05) is 22.6 Å². The van der Waals surface area contributed by atoms with Gasteiger partial charge in [0.15, 0.2) is 11.6 Å². The third-order valence-corrected chi connectivity index (χ3v) is 6.22. The van der Waals surface area contributed by atoms with E-state index in [-0.39, 0.29) is 17.7 Å². The fourth-order valence-corrected chi connectivity index (χ4v) is 4.14. The predicted molar refractivity (Wildman–Crippen MR) is 129 cm³/mol. The standard InChI is InChI=1S/C25H15BrF10N2O3/c1-38(21(40)12-6-3-2-4-7-12)16-9-5-8-14(18(16)27)20(39)37-19-15(26)10-13(11-17(19)41-22(28)29)23(30,24(31,32)33)25(34,35)36/h2-11,22H,1H3,(H,37,39). The van der Waals surface area contributed by atoms with Gasteiger partial charge < -0.3 is 15.0 Å². The molecular formula is C25H15BrF10N2O3. The van der Waals surface area contributed by atoms with Gasteiger partial charge in [-0.1, -0.05) is 24.3 Å². The second-order valence-electron chi connectivity index (χ2n) is 8.19. The summed E-state index contributed by atoms with van der Waals surface area (Å²) in [4.78, 5) is 26.4. The van der Waals surface area contributed by atoms with Gasteiger partial charge in [-0.2, -0.15) is 35.1 Å². The van der Waals surface area contributed by atoms with Crippen LogP contribution < -0.4 is 15.0 Å². The average molecular weight is 661 g/mol. The number of nitrogens with zero attached hydrogens (tertiary/aromatic N) is 1. The minimum absolute atomic E-state index is 0.0476. The topological polar surface area (TPSA) is 58.6 Å². The van der Waals surface area contributed by atoms with Crippen molar-refractivity contribution in [2.75, 3.05) is 17.3 Å². The van der Waals surface area contributed by atoms with Crippen molar-refractivity contribution in [2.45, 2.75) is 24.6 Å². The summed E-state index contributed by atoms with van der Waals surface area (Å²) in [6.07, 6.45) is -13.2. The minimum atomic E-state index is -6.58. The van der Waals surface area contributed by atoms with Gasteiger partial charge in [0.05, 0.1) is 16.9 Å². The Morgan fingerprint density at radius 3 is 2.02 bits per heavy atom. The van der Waals surface area contributed by atoms with Gasteiger partial charge in [0.25, 0.3) is 11.8 Å². The van der Waals surface area contributed by atoms with Crippen molar-refractivity contribution < 1.29 is 58.2 Å². The van der Waals surface area contributed by atoms with Crippen LogP contribution in [-0.4, -0.2) is 37.8 Å². The maximum atomic E-state index is 15.3. The van der Waals surface area contributed by atoms with Crippen LogP contribution in [0.2, 0.25) is 0 Å². The van der Waals surface area contributed by atoms with E-state index in [0.29, 0.717) is 0 Å². The highest BCUT2D eigenvalue weighted by molar-refractivity contribution is 9.10. The van der Waals surface area contributed by atoms with Crippen molar-refractivity contribution in [3.63, 3.8) is 0 Å². The molecule has 0 aromatic heterocycles. The molecule has 3 rings (SSSR count). The van der Waals surface area contributed by atoms with E-state index in [1.165, 1.54) is 19.2 Å². The molecule has 2 amide bonds. The molecule has 3 aromatic rings. The van der Waals surface area contributed by atoms with Gasteiger partial charge in [-0.3, -0.25) is 9.59 Å². The lowest BCUT2D eigenvalue weighted by Crippen LogP contribution is -2.50. The number of anilines is 2. The molecule has 0 radical (unpaired) electrons. The molecule has 220 valence electrons. The van der Waals surface area contributed by atoms with Crippen molar-refractivity contribution in [1.29, 1.82) is 0 Å². The molecule has 0 bridgehead atoms. The van der Waals surface area contributed by atoms with Crippen LogP contribution in [0.25, 0.3) is 0 Å². The molecule has 0 unspecified atom stereocenters. The highest BCUT2D eigenvalue weighted by Crippen LogP contribution is 2.55. The summed E-state index contributed by atoms with van der Waals surface area (Å²) in [5.74, 6) is -4.91. The minimum Gasteiger partial charge on any atom is -0.433 e. The normalized spacial score (nSPS) is 12.3. The van der Waals surface area contributed by atoms with E-state index in [1.807, 2.05) is 5.32 Å². The third-order valence-electron chi connectivity index (χ3n) is 5.60. The van der Waals surface area contributed by atoms with Gasteiger partial charge >= 0.3 is 24.6 Å². The SMILES string of the molecule is CN(C(=O)c1ccccc1)c1cccc(C(=O)Nc2c(Br)cc(C(F)(C(F)(F)F)C(F)(F)F)cc2OC(F)F)c1F. The van der Waals surface area contributed by atoms with Gasteiger partial charge in [0.1, 0.15) is 0 Å². The Labute approximate surface area is 232 Å². The van der Waals surface area contributed by atoms with E-state index in [1.54, 1.807) is 18.2 Å². The van der Waals surface area contributed by atoms with E-state index in [0.717, 1.165) is 23.1 Å². The van der Waals surface area contributed by atoms with Crippen LogP contribution in [0.1, 0.15) is 26.3 Å². The Morgan fingerprint density at radius 1 is 0.902 bits per heavy atom. The van der Waals surface area contributed by atoms with Crippen molar-refractivity contribution in [1.82, 2.24) is 0 Å². The second-order valence-corrected chi connectivity index (χ2v) is 9.04. The number of nitrogens with one attached hydrogen (secondary N) is 1. The van der Waals surface area contributed by atoms with E-state index < -0.39 is 75.0 Å². The van der Waals surface area contributed by atoms with Crippen molar-refractivity contribution in [3.8, 4) is 5.75 Å². The Hall–Kier alpha value is -3.82. The first-order valence-corrected chi connectivity index (χ1v) is 11.7. The molecule has 0 fully saturated rings. The van der Waals surface area contributed by atoms with Crippen LogP contribution in [0.15, 0.2) is 65.1 Å². The average Bonchev–Trinajstić information content (AvgIpc) is 2.88. The fourth-order valence-electron chi connectivity index (χ4n) is 3.60. The zero-order chi connectivity index (χ0) is 30.9. The predicted octanol–water partition coefficient (Wildman–Crippen LogP) is 8.01. The molecule has 1 N–H and O–H groups in total. The van der Waals surface area contributed by atoms with Crippen molar-refractivity contribution >= 4 is 39.1 Å². The first kappa shape index (κ1) is 31.7. The highest BCUT2D eigenvalue weighted by atomic mass is 79.9. The number of amides is 2. The molecule has 0 spiro atoms. The fraction of sp³-hybridized carbons (Fsp3) is 0.200. The smallest absolute Gasteiger partial charge is 0.433 e. The first-order valence-electron chi connectivity index (χ1n) is 10.9. The quantitative estimate of drug-likeness (QED) is 0.261. The molecule has 41 heavy (non-hydrogen) atoms. The highest BCUT2D eigenvalue weighted by Gasteiger charge is 2.73. The van der Waals surface area contributed by atoms with E-state index >= 15 is 4.39 Å². The first-order chi connectivity index (χ1) is 18.9. The molecule has 0 atom stereocenters. The molecule has 3 aromatic carbocycles. The van der Waals surface area contributed by atoms with Crippen molar-refractivity contribution in [2.24, 2.45) is 0 Å². The molecule has 0 aliphatic rings. The number of ether oxygens (including phenoxy) is 1. The molecule has 0 aliphatic carbocycles. The zero-order valence-corrected chi connectivity index (χ0v) is 21.8. The summed E-state index contributed by atoms with van der Waals surface area (Å²) >= 11 is 2.53. The van der Waals surface area contributed by atoms with E-state index in [2.05, 4.69) is 20.7 Å². The Morgan fingerprint density at radius 2 is 1.49 bits per heavy atom. The second kappa shape index (κ2) is 11.6. The lowest BCUT2D eigenvalue weighted by atomic mass is 9.93. The summed E-state index contributed by atoms with van der Waals surface area (Å²) in [6.45, 7) is -3.85. The summed E-state index contributed by atoms with van der Waals surface area (Å²) < 4.78 is 138. The molecular weight excluding hydrogens is 646 g/mol. The van der Waals surface area contributed by atoms with E-state index in [4.69, 9.17) is 0 Å². The van der Waals surface area contributed by atoms with Crippen LogP contribution in [0.4, 0.5) is 55.3 Å². The van der Waals surface area contributed by atoms with Gasteiger partial charge in [0.2, 0.25) is 0 Å². The van der Waals surface area contributed by atoms with Crippen LogP contribution >= 0.6 is 15.9 Å². The lowest BCUT2D eigenvalue weighted by Gasteiger charge is -2.31. The molecule has 5 nitrogen and oxygen atoms in total. The Bertz CT molecular complexity index is 1430. The van der Waals surface area contributed by atoms with Crippen LogP contribution in [0.3, 0.4) is 0 Å². The number of hydrogen-bond acceptors (Lipinski definition) is 3. The number of rotatable bonds is 7. The number of alkyl halides is 9. The van der Waals surface area contributed by atoms with E-state index in [9.17, 15) is 49.1 Å². The summed E-state index contributed by atoms with van der Waals surface area (Å²) in [6, 6.07) is 10.4. The summed E-state index contributed by atoms with van der Waals surface area (Å²) in [5, 5.41) is 1.85. The van der Waals surface area contributed by atoms with Crippen LogP contribution in [0.5, 0.6) is 5.75 Å². The largest absolute Gasteiger partial charge is 0.435 e. The van der Waals surface area contributed by atoms with Gasteiger partial charge in [-0.15, -0.1) is 0 Å². The molecule has 0 heterocycles. The zero-order valence-electron chi connectivity index (χ0n) is 20.2. The number of carbonyl (C=O) groups is 2. The molecule has 16 heteroatoms. The number of benzene rings is 3. The Kier molecular flexibility index (Phi) is 8.96. The summed E-state index contributed by atoms with van der Waals surface area (Å²) in [5.41, 5.74) is -10.2. The third kappa shape index (κ3) is 6.26.